The maximum absolute atomic E-state index is 13.1. The topological polar surface area (TPSA) is 98.6 Å². The van der Waals surface area contributed by atoms with E-state index < -0.39 is 0 Å². The summed E-state index contributed by atoms with van der Waals surface area (Å²) in [5.41, 5.74) is 4.17. The molecule has 1 saturated heterocycles. The van der Waals surface area contributed by atoms with E-state index in [0.717, 1.165) is 41.4 Å². The highest BCUT2D eigenvalue weighted by Crippen LogP contribution is 2.25. The van der Waals surface area contributed by atoms with Crippen molar-refractivity contribution >= 4 is 22.7 Å². The lowest BCUT2D eigenvalue weighted by Gasteiger charge is -2.32. The number of nitrogens with one attached hydrogen (secondary N) is 1. The molecule has 1 aliphatic rings. The van der Waals surface area contributed by atoms with E-state index >= 15 is 0 Å². The van der Waals surface area contributed by atoms with Crippen molar-refractivity contribution in [3.63, 3.8) is 0 Å². The van der Waals surface area contributed by atoms with Gasteiger partial charge in [-0.2, -0.15) is 5.10 Å². The fraction of sp³-hybridized carbons (Fsp3) is 0.355. The molecule has 5 rings (SSSR count). The van der Waals surface area contributed by atoms with E-state index in [-0.39, 0.29) is 11.8 Å². The Balaban J connectivity index is 1.15. The molecule has 1 N–H and O–H groups in total. The first kappa shape index (κ1) is 27.3. The van der Waals surface area contributed by atoms with E-state index in [0.29, 0.717) is 54.9 Å². The monoisotopic (exact) mass is 541 g/mol. The Morgan fingerprint density at radius 1 is 1.02 bits per heavy atom. The van der Waals surface area contributed by atoms with Crippen LogP contribution in [-0.4, -0.2) is 64.8 Å². The van der Waals surface area contributed by atoms with Crippen LogP contribution in [0, 0.1) is 19.8 Å². The van der Waals surface area contributed by atoms with Gasteiger partial charge in [0.2, 0.25) is 5.88 Å². The molecular weight excluding hydrogens is 506 g/mol. The number of aromatic nitrogens is 3. The largest absolute Gasteiger partial charge is 0.439 e. The molecule has 9 heteroatoms. The molecule has 0 aliphatic carbocycles. The van der Waals surface area contributed by atoms with Crippen molar-refractivity contribution < 1.29 is 19.1 Å². The lowest BCUT2D eigenvalue weighted by molar-refractivity contribution is 0.0681. The second kappa shape index (κ2) is 12.3. The van der Waals surface area contributed by atoms with Gasteiger partial charge >= 0.3 is 0 Å². The average molecular weight is 542 g/mol. The second-order valence-corrected chi connectivity index (χ2v) is 10.3. The van der Waals surface area contributed by atoms with Crippen LogP contribution in [0.3, 0.4) is 0 Å². The van der Waals surface area contributed by atoms with Gasteiger partial charge in [-0.1, -0.05) is 6.07 Å². The molecule has 0 bridgehead atoms. The number of pyridine rings is 1. The first-order chi connectivity index (χ1) is 19.4. The summed E-state index contributed by atoms with van der Waals surface area (Å²) in [7, 11) is 1.61. The lowest BCUT2D eigenvalue weighted by atomic mass is 9.96. The summed E-state index contributed by atoms with van der Waals surface area (Å²) in [6.07, 6.45) is 5.61. The third kappa shape index (κ3) is 6.31. The van der Waals surface area contributed by atoms with Gasteiger partial charge in [0.15, 0.2) is 0 Å². The Kier molecular flexibility index (Phi) is 8.40. The van der Waals surface area contributed by atoms with Crippen LogP contribution in [0.25, 0.3) is 10.9 Å². The molecule has 1 fully saturated rings. The fourth-order valence-corrected chi connectivity index (χ4v) is 5.05. The van der Waals surface area contributed by atoms with Crippen LogP contribution < -0.4 is 10.1 Å². The summed E-state index contributed by atoms with van der Waals surface area (Å²) >= 11 is 0. The third-order valence-electron chi connectivity index (χ3n) is 7.40. The van der Waals surface area contributed by atoms with Crippen molar-refractivity contribution in [3.05, 3.63) is 83.2 Å². The minimum Gasteiger partial charge on any atom is -0.439 e. The van der Waals surface area contributed by atoms with Crippen LogP contribution >= 0.6 is 0 Å². The molecule has 2 amide bonds. The number of fused-ring (bicyclic) bond motifs is 1. The highest BCUT2D eigenvalue weighted by atomic mass is 16.5. The molecule has 0 saturated carbocycles. The van der Waals surface area contributed by atoms with E-state index in [4.69, 9.17) is 14.6 Å². The number of rotatable bonds is 9. The van der Waals surface area contributed by atoms with E-state index in [1.54, 1.807) is 25.4 Å². The summed E-state index contributed by atoms with van der Waals surface area (Å²) in [4.78, 5) is 31.9. The van der Waals surface area contributed by atoms with Crippen LogP contribution in [0.15, 0.2) is 60.9 Å². The smallest absolute Gasteiger partial charge is 0.253 e. The molecule has 1 aliphatic heterocycles. The van der Waals surface area contributed by atoms with Gasteiger partial charge in [-0.25, -0.2) is 4.98 Å². The molecule has 0 radical (unpaired) electrons. The lowest BCUT2D eigenvalue weighted by Crippen LogP contribution is -2.39. The van der Waals surface area contributed by atoms with Crippen molar-refractivity contribution in [2.24, 2.45) is 5.92 Å². The summed E-state index contributed by atoms with van der Waals surface area (Å²) in [5, 5.41) is 8.62. The van der Waals surface area contributed by atoms with Crippen LogP contribution in [0.4, 0.5) is 0 Å². The number of piperidine rings is 1. The van der Waals surface area contributed by atoms with Gasteiger partial charge in [0.05, 0.1) is 12.1 Å². The standard InChI is InChI=1S/C31H35N5O4/c1-21-4-11-29(33-18-21)40-25-7-5-24(6-8-25)31(38)35-15-12-23(13-16-35)19-36-20-27-22(2)26(9-10-28(27)34-36)30(37)32-14-17-39-3/h4-11,18,20,23H,12-17,19H2,1-3H3,(H,32,37). The second-order valence-electron chi connectivity index (χ2n) is 10.3. The normalized spacial score (nSPS) is 13.9. The molecule has 3 heterocycles. The van der Waals surface area contributed by atoms with Gasteiger partial charge in [0, 0.05) is 68.3 Å². The predicted molar refractivity (Wildman–Crippen MR) is 153 cm³/mol. The Labute approximate surface area is 234 Å². The van der Waals surface area contributed by atoms with Gasteiger partial charge in [0.25, 0.3) is 11.8 Å². The number of hydrogen-bond donors (Lipinski definition) is 1. The van der Waals surface area contributed by atoms with E-state index in [1.165, 1.54) is 0 Å². The van der Waals surface area contributed by atoms with E-state index in [2.05, 4.69) is 10.3 Å². The van der Waals surface area contributed by atoms with Gasteiger partial charge < -0.3 is 19.7 Å². The Morgan fingerprint density at radius 3 is 2.50 bits per heavy atom. The minimum absolute atomic E-state index is 0.0372. The number of nitrogens with zero attached hydrogens (tertiary/aromatic N) is 4. The number of ether oxygens (including phenoxy) is 2. The predicted octanol–water partition coefficient (Wildman–Crippen LogP) is 4.77. The highest BCUT2D eigenvalue weighted by molar-refractivity contribution is 6.00. The molecule has 208 valence electrons. The Hall–Kier alpha value is -4.24. The zero-order valence-electron chi connectivity index (χ0n) is 23.2. The first-order valence-corrected chi connectivity index (χ1v) is 13.6. The first-order valence-electron chi connectivity index (χ1n) is 13.6. The number of likely N-dealkylation sites (tertiary alicyclic amines) is 1. The number of hydrogen-bond acceptors (Lipinski definition) is 6. The fourth-order valence-electron chi connectivity index (χ4n) is 5.05. The Morgan fingerprint density at radius 2 is 1.80 bits per heavy atom. The molecule has 4 aromatic rings. The zero-order chi connectivity index (χ0) is 28.1. The summed E-state index contributed by atoms with van der Waals surface area (Å²) in [5.74, 6) is 1.53. The van der Waals surface area contributed by atoms with Gasteiger partial charge in [-0.15, -0.1) is 0 Å². The van der Waals surface area contributed by atoms with Crippen LogP contribution in [0.2, 0.25) is 0 Å². The number of carbonyl (C=O) groups excluding carboxylic acids is 2. The van der Waals surface area contributed by atoms with Gasteiger partial charge in [-0.3, -0.25) is 14.3 Å². The summed E-state index contributed by atoms with van der Waals surface area (Å²) in [6.45, 7) is 7.08. The highest BCUT2D eigenvalue weighted by Gasteiger charge is 2.24. The quantitative estimate of drug-likeness (QED) is 0.307. The SMILES string of the molecule is COCCNC(=O)c1ccc2nn(CC3CCN(C(=O)c4ccc(Oc5ccc(C)cn5)cc4)CC3)cc2c1C. The number of aryl methyl sites for hydroxylation is 2. The van der Waals surface area contributed by atoms with Crippen LogP contribution in [0.5, 0.6) is 11.6 Å². The van der Waals surface area contributed by atoms with Gasteiger partial charge in [0.1, 0.15) is 5.75 Å². The average Bonchev–Trinajstić information content (AvgIpc) is 3.38. The number of amides is 2. The molecule has 0 spiro atoms. The van der Waals surface area contributed by atoms with Crippen LogP contribution in [-0.2, 0) is 11.3 Å². The molecule has 0 atom stereocenters. The van der Waals surface area contributed by atoms with Crippen molar-refractivity contribution in [2.45, 2.75) is 33.2 Å². The van der Waals surface area contributed by atoms with Gasteiger partial charge in [-0.05, 0) is 80.1 Å². The zero-order valence-corrected chi connectivity index (χ0v) is 23.2. The number of benzene rings is 2. The summed E-state index contributed by atoms with van der Waals surface area (Å²) < 4.78 is 12.8. The molecule has 2 aromatic carbocycles. The van der Waals surface area contributed by atoms with E-state index in [1.807, 2.05) is 66.0 Å². The maximum atomic E-state index is 13.1. The van der Waals surface area contributed by atoms with Crippen molar-refractivity contribution in [2.75, 3.05) is 33.4 Å². The van der Waals surface area contributed by atoms with Crippen LogP contribution in [0.1, 0.15) is 44.7 Å². The van der Waals surface area contributed by atoms with Crippen molar-refractivity contribution in [1.82, 2.24) is 25.0 Å². The molecule has 40 heavy (non-hydrogen) atoms. The molecule has 9 nitrogen and oxygen atoms in total. The molecule has 2 aromatic heterocycles. The number of carbonyl (C=O) groups is 2. The number of methoxy groups -OCH3 is 1. The minimum atomic E-state index is -0.105. The maximum Gasteiger partial charge on any atom is 0.253 e. The summed E-state index contributed by atoms with van der Waals surface area (Å²) in [6, 6.07) is 14.7. The molecule has 0 unspecified atom stereocenters. The Bertz CT molecular complexity index is 1470. The van der Waals surface area contributed by atoms with E-state index in [9.17, 15) is 9.59 Å². The third-order valence-corrected chi connectivity index (χ3v) is 7.40. The van der Waals surface area contributed by atoms with Crippen molar-refractivity contribution in [3.8, 4) is 11.6 Å². The van der Waals surface area contributed by atoms with Crippen molar-refractivity contribution in [1.29, 1.82) is 0 Å². The molecular formula is C31H35N5O4.